The summed E-state index contributed by atoms with van der Waals surface area (Å²) in [6.07, 6.45) is 3.51. The summed E-state index contributed by atoms with van der Waals surface area (Å²) < 4.78 is 0.566. The Morgan fingerprint density at radius 2 is 2.21 bits per heavy atom. The Morgan fingerprint density at radius 3 is 2.89 bits per heavy atom. The number of pyridine rings is 1. The van der Waals surface area contributed by atoms with Gasteiger partial charge < -0.3 is 10.4 Å². The van der Waals surface area contributed by atoms with Gasteiger partial charge in [0.1, 0.15) is 0 Å². The maximum Gasteiger partial charge on any atom is 0.338 e. The molecule has 5 heteroatoms. The molecule has 0 aliphatic carbocycles. The van der Waals surface area contributed by atoms with Crippen LogP contribution in [0.15, 0.2) is 41.1 Å². The summed E-state index contributed by atoms with van der Waals surface area (Å²) in [4.78, 5) is 15.3. The van der Waals surface area contributed by atoms with Crippen molar-refractivity contribution < 1.29 is 9.90 Å². The minimum absolute atomic E-state index is 0.245. The second-order valence-electron chi connectivity index (χ2n) is 4.12. The Labute approximate surface area is 119 Å². The van der Waals surface area contributed by atoms with Gasteiger partial charge >= 0.3 is 5.97 Å². The maximum absolute atomic E-state index is 11.2. The zero-order valence-electron chi connectivity index (χ0n) is 10.4. The Bertz CT molecular complexity index is 614. The highest BCUT2D eigenvalue weighted by molar-refractivity contribution is 9.10. The van der Waals surface area contributed by atoms with Crippen LogP contribution < -0.4 is 5.32 Å². The largest absolute Gasteiger partial charge is 0.478 e. The van der Waals surface area contributed by atoms with E-state index < -0.39 is 5.97 Å². The van der Waals surface area contributed by atoms with Gasteiger partial charge in [0, 0.05) is 23.4 Å². The fraction of sp³-hybridized carbons (Fsp3) is 0.143. The van der Waals surface area contributed by atoms with Gasteiger partial charge in [-0.15, -0.1) is 0 Å². The Balaban J connectivity index is 2.23. The van der Waals surface area contributed by atoms with Gasteiger partial charge in [-0.05, 0) is 52.2 Å². The molecule has 0 spiro atoms. The molecule has 0 aliphatic heterocycles. The average molecular weight is 321 g/mol. The van der Waals surface area contributed by atoms with E-state index in [1.807, 2.05) is 13.0 Å². The van der Waals surface area contributed by atoms with Crippen LogP contribution in [0.25, 0.3) is 0 Å². The van der Waals surface area contributed by atoms with E-state index in [1.54, 1.807) is 30.6 Å². The fourth-order valence-electron chi connectivity index (χ4n) is 1.78. The molecule has 0 fully saturated rings. The first-order valence-corrected chi connectivity index (χ1v) is 6.54. The number of aromatic nitrogens is 1. The Kier molecular flexibility index (Phi) is 4.16. The second kappa shape index (κ2) is 5.84. The first kappa shape index (κ1) is 13.5. The number of aromatic carboxylic acids is 1. The molecule has 0 saturated carbocycles. The molecular formula is C14H13BrN2O2. The molecule has 1 heterocycles. The smallest absolute Gasteiger partial charge is 0.338 e. The molecule has 0 radical (unpaired) electrons. The van der Waals surface area contributed by atoms with Crippen LogP contribution in [0.2, 0.25) is 0 Å². The number of carboxylic acids is 1. The molecule has 0 atom stereocenters. The van der Waals surface area contributed by atoms with Crippen molar-refractivity contribution in [2.24, 2.45) is 0 Å². The number of hydrogen-bond acceptors (Lipinski definition) is 3. The summed E-state index contributed by atoms with van der Waals surface area (Å²) in [6, 6.07) is 7.19. The summed E-state index contributed by atoms with van der Waals surface area (Å²) in [5.74, 6) is -0.957. The molecule has 19 heavy (non-hydrogen) atoms. The number of hydrogen-bond donors (Lipinski definition) is 2. The van der Waals surface area contributed by atoms with Crippen LogP contribution in [-0.2, 0) is 6.54 Å². The minimum Gasteiger partial charge on any atom is -0.478 e. The van der Waals surface area contributed by atoms with E-state index in [-0.39, 0.29) is 5.56 Å². The number of halogens is 1. The number of carbonyl (C=O) groups is 1. The van der Waals surface area contributed by atoms with Gasteiger partial charge in [0.05, 0.1) is 11.3 Å². The van der Waals surface area contributed by atoms with Gasteiger partial charge in [-0.25, -0.2) is 4.79 Å². The molecule has 2 N–H and O–H groups in total. The van der Waals surface area contributed by atoms with Gasteiger partial charge in [0.15, 0.2) is 0 Å². The van der Waals surface area contributed by atoms with Crippen molar-refractivity contribution in [2.75, 3.05) is 5.32 Å². The molecule has 1 aromatic carbocycles. The predicted molar refractivity (Wildman–Crippen MR) is 77.4 cm³/mol. The monoisotopic (exact) mass is 320 g/mol. The summed E-state index contributed by atoms with van der Waals surface area (Å²) >= 11 is 3.26. The lowest BCUT2D eigenvalue weighted by atomic mass is 10.1. The van der Waals surface area contributed by atoms with E-state index in [9.17, 15) is 9.90 Å². The third kappa shape index (κ3) is 3.12. The summed E-state index contributed by atoms with van der Waals surface area (Å²) in [5, 5.41) is 12.4. The molecule has 0 saturated heterocycles. The lowest BCUT2D eigenvalue weighted by Gasteiger charge is -2.12. The number of benzene rings is 1. The molecular weight excluding hydrogens is 308 g/mol. The van der Waals surface area contributed by atoms with E-state index in [2.05, 4.69) is 26.2 Å². The van der Waals surface area contributed by atoms with Gasteiger partial charge in [0.25, 0.3) is 0 Å². The maximum atomic E-state index is 11.2. The van der Waals surface area contributed by atoms with Crippen LogP contribution in [-0.4, -0.2) is 16.1 Å². The van der Waals surface area contributed by atoms with Gasteiger partial charge in [-0.3, -0.25) is 4.98 Å². The molecule has 0 bridgehead atoms. The Morgan fingerprint density at radius 1 is 1.42 bits per heavy atom. The zero-order valence-corrected chi connectivity index (χ0v) is 11.9. The topological polar surface area (TPSA) is 62.2 Å². The van der Waals surface area contributed by atoms with Crippen molar-refractivity contribution >= 4 is 27.6 Å². The highest BCUT2D eigenvalue weighted by Gasteiger charge is 2.13. The Hall–Kier alpha value is -1.88. The third-order valence-electron chi connectivity index (χ3n) is 2.83. The highest BCUT2D eigenvalue weighted by Crippen LogP contribution is 2.25. The fourth-order valence-corrected chi connectivity index (χ4v) is 2.32. The molecule has 2 aromatic rings. The first-order chi connectivity index (χ1) is 9.09. The van der Waals surface area contributed by atoms with Crippen molar-refractivity contribution in [3.05, 3.63) is 57.8 Å². The number of carboxylic acid groups (broad SMARTS) is 1. The van der Waals surface area contributed by atoms with Crippen LogP contribution in [0.1, 0.15) is 21.5 Å². The summed E-state index contributed by atoms with van der Waals surface area (Å²) in [6.45, 7) is 2.54. The van der Waals surface area contributed by atoms with Crippen molar-refractivity contribution in [2.45, 2.75) is 13.5 Å². The molecule has 1 aromatic heterocycles. The first-order valence-electron chi connectivity index (χ1n) is 5.74. The predicted octanol–water partition coefficient (Wildman–Crippen LogP) is 3.46. The van der Waals surface area contributed by atoms with Gasteiger partial charge in [-0.1, -0.05) is 6.07 Å². The number of rotatable bonds is 4. The average Bonchev–Trinajstić information content (AvgIpc) is 2.37. The van der Waals surface area contributed by atoms with Crippen LogP contribution in [0.3, 0.4) is 0 Å². The van der Waals surface area contributed by atoms with E-state index in [1.165, 1.54) is 0 Å². The third-order valence-corrected chi connectivity index (χ3v) is 3.49. The standard InChI is InChI=1S/C14H13BrN2O2/c1-9-7-16-6-5-10(9)8-17-12-4-2-3-11(15)13(12)14(18)19/h2-7,17H,8H2,1H3,(H,18,19). The zero-order chi connectivity index (χ0) is 13.8. The van der Waals surface area contributed by atoms with E-state index in [0.717, 1.165) is 11.1 Å². The van der Waals surface area contributed by atoms with Gasteiger partial charge in [-0.2, -0.15) is 0 Å². The quantitative estimate of drug-likeness (QED) is 0.905. The molecule has 98 valence electrons. The molecule has 4 nitrogen and oxygen atoms in total. The second-order valence-corrected chi connectivity index (χ2v) is 4.98. The number of anilines is 1. The number of nitrogens with one attached hydrogen (secondary N) is 1. The van der Waals surface area contributed by atoms with Crippen LogP contribution in [0, 0.1) is 6.92 Å². The van der Waals surface area contributed by atoms with Crippen molar-refractivity contribution in [3.63, 3.8) is 0 Å². The normalized spacial score (nSPS) is 10.2. The van der Waals surface area contributed by atoms with Crippen molar-refractivity contribution in [1.82, 2.24) is 4.98 Å². The lowest BCUT2D eigenvalue weighted by Crippen LogP contribution is -2.08. The van der Waals surface area contributed by atoms with Crippen LogP contribution in [0.4, 0.5) is 5.69 Å². The number of aryl methyl sites for hydroxylation is 1. The minimum atomic E-state index is -0.957. The lowest BCUT2D eigenvalue weighted by molar-refractivity contribution is 0.0697. The highest BCUT2D eigenvalue weighted by atomic mass is 79.9. The number of nitrogens with zero attached hydrogens (tertiary/aromatic N) is 1. The summed E-state index contributed by atoms with van der Waals surface area (Å²) in [5.41, 5.74) is 3.00. The van der Waals surface area contributed by atoms with E-state index in [4.69, 9.17) is 0 Å². The van der Waals surface area contributed by atoms with Gasteiger partial charge in [0.2, 0.25) is 0 Å². The molecule has 2 rings (SSSR count). The molecule has 0 unspecified atom stereocenters. The molecule has 0 amide bonds. The van der Waals surface area contributed by atoms with Crippen LogP contribution in [0.5, 0.6) is 0 Å². The van der Waals surface area contributed by atoms with Crippen molar-refractivity contribution in [1.29, 1.82) is 0 Å². The SMILES string of the molecule is Cc1cnccc1CNc1cccc(Br)c1C(=O)O. The van der Waals surface area contributed by atoms with Crippen molar-refractivity contribution in [3.8, 4) is 0 Å². The molecule has 0 aliphatic rings. The van der Waals surface area contributed by atoms with Crippen LogP contribution >= 0.6 is 15.9 Å². The van der Waals surface area contributed by atoms with E-state index in [0.29, 0.717) is 16.7 Å². The van der Waals surface area contributed by atoms with E-state index >= 15 is 0 Å². The summed E-state index contributed by atoms with van der Waals surface area (Å²) in [7, 11) is 0.